The third kappa shape index (κ3) is 3.07. The van der Waals surface area contributed by atoms with E-state index < -0.39 is 0 Å². The first kappa shape index (κ1) is 13.0. The van der Waals surface area contributed by atoms with Crippen LogP contribution < -0.4 is 14.8 Å². The van der Waals surface area contributed by atoms with Gasteiger partial charge in [-0.25, -0.2) is 0 Å². The molecule has 0 bridgehead atoms. The predicted molar refractivity (Wildman–Crippen MR) is 70.7 cm³/mol. The summed E-state index contributed by atoms with van der Waals surface area (Å²) in [4.78, 5) is 10.8. The lowest BCUT2D eigenvalue weighted by Gasteiger charge is -2.19. The molecule has 2 rings (SSSR count). The number of ether oxygens (including phenoxy) is 3. The number of carbonyl (C=O) groups is 1. The average Bonchev–Trinajstić information content (AvgIpc) is 2.43. The van der Waals surface area contributed by atoms with E-state index in [1.165, 1.54) is 7.11 Å². The zero-order valence-corrected chi connectivity index (χ0v) is 11.5. The average molecular weight is 316 g/mol. The third-order valence-corrected chi connectivity index (χ3v) is 3.18. The molecule has 1 N–H and O–H groups in total. The topological polar surface area (TPSA) is 56.8 Å². The molecule has 18 heavy (non-hydrogen) atoms. The molecule has 0 radical (unpaired) electrons. The van der Waals surface area contributed by atoms with Crippen molar-refractivity contribution in [2.75, 3.05) is 32.2 Å². The van der Waals surface area contributed by atoms with Crippen LogP contribution in [-0.4, -0.2) is 37.7 Å². The number of carbonyl (C=O) groups excluding carboxylic acids is 1. The van der Waals surface area contributed by atoms with E-state index in [0.717, 1.165) is 17.2 Å². The van der Waals surface area contributed by atoms with Crippen LogP contribution >= 0.6 is 15.9 Å². The molecule has 1 aromatic rings. The van der Waals surface area contributed by atoms with Crippen molar-refractivity contribution in [2.24, 2.45) is 0 Å². The molecule has 1 aliphatic heterocycles. The highest BCUT2D eigenvalue weighted by molar-refractivity contribution is 9.10. The molecule has 0 aromatic heterocycles. The molecule has 1 unspecified atom stereocenters. The van der Waals surface area contributed by atoms with Crippen LogP contribution in [0.5, 0.6) is 11.5 Å². The van der Waals surface area contributed by atoms with Crippen molar-refractivity contribution < 1.29 is 19.0 Å². The number of anilines is 1. The lowest BCUT2D eigenvalue weighted by Crippen LogP contribution is -2.24. The Hall–Kier alpha value is -1.43. The van der Waals surface area contributed by atoms with Gasteiger partial charge in [0.25, 0.3) is 0 Å². The van der Waals surface area contributed by atoms with E-state index in [1.54, 1.807) is 0 Å². The van der Waals surface area contributed by atoms with Crippen molar-refractivity contribution in [3.05, 3.63) is 18.2 Å². The summed E-state index contributed by atoms with van der Waals surface area (Å²) >= 11 is 3.24. The van der Waals surface area contributed by atoms with Gasteiger partial charge in [-0.3, -0.25) is 4.79 Å². The van der Waals surface area contributed by atoms with Crippen molar-refractivity contribution in [3.8, 4) is 11.5 Å². The van der Waals surface area contributed by atoms with E-state index in [0.29, 0.717) is 19.8 Å². The van der Waals surface area contributed by atoms with Gasteiger partial charge in [-0.05, 0) is 12.1 Å². The standard InChI is InChI=1S/C12H14BrNO4/c1-16-12(15)9(13)7-14-8-2-3-10-11(6-8)18-5-4-17-10/h2-3,6,9,14H,4-5,7H2,1H3. The fourth-order valence-electron chi connectivity index (χ4n) is 1.57. The quantitative estimate of drug-likeness (QED) is 0.678. The van der Waals surface area contributed by atoms with Crippen LogP contribution in [0.2, 0.25) is 0 Å². The summed E-state index contributed by atoms with van der Waals surface area (Å²) in [6.45, 7) is 1.57. The van der Waals surface area contributed by atoms with E-state index >= 15 is 0 Å². The minimum Gasteiger partial charge on any atom is -0.486 e. The van der Waals surface area contributed by atoms with Gasteiger partial charge >= 0.3 is 5.97 Å². The Bertz CT molecular complexity index is 438. The van der Waals surface area contributed by atoms with E-state index in [-0.39, 0.29) is 10.8 Å². The van der Waals surface area contributed by atoms with Gasteiger partial charge in [-0.1, -0.05) is 15.9 Å². The number of alkyl halides is 1. The van der Waals surface area contributed by atoms with Gasteiger partial charge in [-0.2, -0.15) is 0 Å². The van der Waals surface area contributed by atoms with Crippen LogP contribution in [0.4, 0.5) is 5.69 Å². The first-order chi connectivity index (χ1) is 8.70. The van der Waals surface area contributed by atoms with E-state index in [9.17, 15) is 4.79 Å². The van der Waals surface area contributed by atoms with Gasteiger partial charge in [0.05, 0.1) is 7.11 Å². The zero-order chi connectivity index (χ0) is 13.0. The minimum absolute atomic E-state index is 0.306. The fraction of sp³-hybridized carbons (Fsp3) is 0.417. The number of methoxy groups -OCH3 is 1. The lowest BCUT2D eigenvalue weighted by atomic mass is 10.2. The number of benzene rings is 1. The van der Waals surface area contributed by atoms with Gasteiger partial charge in [0.1, 0.15) is 18.0 Å². The van der Waals surface area contributed by atoms with Crippen molar-refractivity contribution in [2.45, 2.75) is 4.83 Å². The highest BCUT2D eigenvalue weighted by Gasteiger charge is 2.16. The second kappa shape index (κ2) is 5.95. The monoisotopic (exact) mass is 315 g/mol. The lowest BCUT2D eigenvalue weighted by molar-refractivity contribution is -0.139. The molecule has 1 aromatic carbocycles. The molecule has 0 saturated carbocycles. The number of halogens is 1. The third-order valence-electron chi connectivity index (χ3n) is 2.48. The first-order valence-electron chi connectivity index (χ1n) is 5.56. The van der Waals surface area contributed by atoms with E-state index in [4.69, 9.17) is 9.47 Å². The number of hydrogen-bond acceptors (Lipinski definition) is 5. The van der Waals surface area contributed by atoms with Crippen molar-refractivity contribution in [1.29, 1.82) is 0 Å². The Labute approximate surface area is 114 Å². The molecular weight excluding hydrogens is 302 g/mol. The minimum atomic E-state index is -0.379. The van der Waals surface area contributed by atoms with E-state index in [1.807, 2.05) is 18.2 Å². The van der Waals surface area contributed by atoms with Gasteiger partial charge < -0.3 is 19.5 Å². The molecule has 0 saturated heterocycles. The van der Waals surface area contributed by atoms with Crippen LogP contribution in [0, 0.1) is 0 Å². The Morgan fingerprint density at radius 2 is 2.17 bits per heavy atom. The van der Waals surface area contributed by atoms with Gasteiger partial charge in [0, 0.05) is 18.3 Å². The molecular formula is C12H14BrNO4. The Kier molecular flexibility index (Phi) is 4.30. The number of nitrogens with one attached hydrogen (secondary N) is 1. The molecule has 1 heterocycles. The molecule has 98 valence electrons. The maximum Gasteiger partial charge on any atom is 0.321 e. The van der Waals surface area contributed by atoms with Crippen LogP contribution in [0.1, 0.15) is 0 Å². The summed E-state index contributed by atoms with van der Waals surface area (Å²) in [5.41, 5.74) is 0.868. The maximum absolute atomic E-state index is 11.2. The molecule has 6 heteroatoms. The summed E-state index contributed by atoms with van der Waals surface area (Å²) in [6, 6.07) is 5.58. The predicted octanol–water partition coefficient (Wildman–Crippen LogP) is 1.81. The van der Waals surface area contributed by atoms with Crippen LogP contribution in [0.3, 0.4) is 0 Å². The highest BCUT2D eigenvalue weighted by atomic mass is 79.9. The summed E-state index contributed by atoms with van der Waals surface area (Å²) in [6.07, 6.45) is 0. The van der Waals surface area contributed by atoms with Gasteiger partial charge in [-0.15, -0.1) is 0 Å². The molecule has 1 atom stereocenters. The second-order valence-electron chi connectivity index (χ2n) is 3.73. The van der Waals surface area contributed by atoms with Crippen molar-refractivity contribution in [1.82, 2.24) is 0 Å². The van der Waals surface area contributed by atoms with Gasteiger partial charge in [0.2, 0.25) is 0 Å². The molecule has 5 nitrogen and oxygen atoms in total. The van der Waals surface area contributed by atoms with Crippen LogP contribution in [-0.2, 0) is 9.53 Å². The fourth-order valence-corrected chi connectivity index (χ4v) is 1.92. The SMILES string of the molecule is COC(=O)C(Br)CNc1ccc2c(c1)OCCO2. The first-order valence-corrected chi connectivity index (χ1v) is 6.47. The van der Waals surface area contributed by atoms with Gasteiger partial charge in [0.15, 0.2) is 11.5 Å². The summed E-state index contributed by atoms with van der Waals surface area (Å²) in [7, 11) is 1.36. The molecule has 0 spiro atoms. The number of esters is 1. The smallest absolute Gasteiger partial charge is 0.321 e. The summed E-state index contributed by atoms with van der Waals surface area (Å²) in [5, 5.41) is 3.13. The van der Waals surface area contributed by atoms with Crippen LogP contribution in [0.15, 0.2) is 18.2 Å². The molecule has 0 aliphatic carbocycles. The zero-order valence-electron chi connectivity index (χ0n) is 9.94. The maximum atomic E-state index is 11.2. The normalized spacial score (nSPS) is 14.8. The number of fused-ring (bicyclic) bond motifs is 1. The number of rotatable bonds is 4. The second-order valence-corrected chi connectivity index (χ2v) is 4.84. The Balaban J connectivity index is 1.96. The van der Waals surface area contributed by atoms with Crippen molar-refractivity contribution in [3.63, 3.8) is 0 Å². The molecule has 1 aliphatic rings. The summed E-state index contributed by atoms with van der Waals surface area (Å²) in [5.74, 6) is 1.16. The molecule has 0 fully saturated rings. The largest absolute Gasteiger partial charge is 0.486 e. The summed E-state index contributed by atoms with van der Waals surface area (Å²) < 4.78 is 15.5. The van der Waals surface area contributed by atoms with Crippen molar-refractivity contribution >= 4 is 27.6 Å². The molecule has 0 amide bonds. The Morgan fingerprint density at radius 1 is 1.44 bits per heavy atom. The number of hydrogen-bond donors (Lipinski definition) is 1. The van der Waals surface area contributed by atoms with Crippen LogP contribution in [0.25, 0.3) is 0 Å². The van der Waals surface area contributed by atoms with E-state index in [2.05, 4.69) is 26.0 Å². The highest BCUT2D eigenvalue weighted by Crippen LogP contribution is 2.32. The Morgan fingerprint density at radius 3 is 2.89 bits per heavy atom.